The van der Waals surface area contributed by atoms with Crippen LogP contribution in [0.5, 0.6) is 11.5 Å². The number of benzene rings is 2. The van der Waals surface area contributed by atoms with Crippen LogP contribution in [0.4, 0.5) is 0 Å². The zero-order valence-corrected chi connectivity index (χ0v) is 15.9. The molecule has 0 bridgehead atoms. The van der Waals surface area contributed by atoms with E-state index in [-0.39, 0.29) is 5.91 Å². The Bertz CT molecular complexity index is 853. The third kappa shape index (κ3) is 5.06. The van der Waals surface area contributed by atoms with Gasteiger partial charge in [0.15, 0.2) is 0 Å². The van der Waals surface area contributed by atoms with Crippen molar-refractivity contribution in [2.75, 3.05) is 27.3 Å². The van der Waals surface area contributed by atoms with E-state index in [1.165, 1.54) is 11.0 Å². The van der Waals surface area contributed by atoms with E-state index in [4.69, 9.17) is 9.47 Å². The molecule has 28 heavy (non-hydrogen) atoms. The zero-order valence-electron chi connectivity index (χ0n) is 15.9. The highest BCUT2D eigenvalue weighted by Gasteiger charge is 2.25. The lowest BCUT2D eigenvalue weighted by atomic mass is 10.1. The Kier molecular flexibility index (Phi) is 6.56. The van der Waals surface area contributed by atoms with Crippen LogP contribution in [0.25, 0.3) is 0 Å². The Labute approximate surface area is 163 Å². The van der Waals surface area contributed by atoms with Crippen molar-refractivity contribution >= 4 is 5.91 Å². The van der Waals surface area contributed by atoms with Crippen LogP contribution in [0.3, 0.4) is 0 Å². The molecule has 0 N–H and O–H groups in total. The molecule has 0 radical (unpaired) electrons. The summed E-state index contributed by atoms with van der Waals surface area (Å²) in [6.07, 6.45) is 1.97. The van der Waals surface area contributed by atoms with Crippen LogP contribution in [0.15, 0.2) is 60.9 Å². The highest BCUT2D eigenvalue weighted by Crippen LogP contribution is 2.18. The molecule has 0 saturated carbocycles. The minimum Gasteiger partial charge on any atom is -0.497 e. The predicted octanol–water partition coefficient (Wildman–Crippen LogP) is 2.00. The van der Waals surface area contributed by atoms with E-state index < -0.39 is 6.04 Å². The summed E-state index contributed by atoms with van der Waals surface area (Å²) in [4.78, 5) is 14.6. The fraction of sp³-hybridized carbons (Fsp3) is 0.300. The van der Waals surface area contributed by atoms with Crippen LogP contribution in [-0.2, 0) is 11.2 Å². The number of nitrogens with zero attached hydrogens (tertiary/aromatic N) is 5. The molecule has 0 spiro atoms. The average Bonchev–Trinajstić information content (AvgIpc) is 3.27. The first-order chi connectivity index (χ1) is 13.7. The molecule has 0 fully saturated rings. The Morgan fingerprint density at radius 2 is 1.82 bits per heavy atom. The number of tetrazole rings is 1. The van der Waals surface area contributed by atoms with Crippen molar-refractivity contribution < 1.29 is 14.3 Å². The van der Waals surface area contributed by atoms with Crippen LogP contribution in [0.1, 0.15) is 11.6 Å². The van der Waals surface area contributed by atoms with Crippen molar-refractivity contribution in [1.82, 2.24) is 25.1 Å². The third-order valence-electron chi connectivity index (χ3n) is 4.37. The van der Waals surface area contributed by atoms with Crippen molar-refractivity contribution in [3.8, 4) is 11.5 Å². The van der Waals surface area contributed by atoms with Crippen molar-refractivity contribution in [3.05, 3.63) is 66.5 Å². The van der Waals surface area contributed by atoms with Crippen LogP contribution in [0.2, 0.25) is 0 Å². The average molecular weight is 381 g/mol. The van der Waals surface area contributed by atoms with Gasteiger partial charge in [-0.3, -0.25) is 4.79 Å². The summed E-state index contributed by atoms with van der Waals surface area (Å²) < 4.78 is 12.3. The van der Waals surface area contributed by atoms with Gasteiger partial charge in [-0.1, -0.05) is 30.3 Å². The standard InChI is InChI=1S/C20H23N5O3/c1-24(12-13-28-18-10-8-17(27-2)9-11-18)20(26)19(25-15-21-22-23-25)14-16-6-4-3-5-7-16/h3-11,15,19H,12-14H2,1-2H3. The van der Waals surface area contributed by atoms with Gasteiger partial charge in [0.05, 0.1) is 13.7 Å². The van der Waals surface area contributed by atoms with Gasteiger partial charge < -0.3 is 14.4 Å². The van der Waals surface area contributed by atoms with Crippen LogP contribution >= 0.6 is 0 Å². The minimum atomic E-state index is -0.511. The molecule has 0 saturated heterocycles. The molecule has 0 aliphatic rings. The first-order valence-corrected chi connectivity index (χ1v) is 8.95. The Morgan fingerprint density at radius 1 is 1.11 bits per heavy atom. The number of rotatable bonds is 9. The second-order valence-electron chi connectivity index (χ2n) is 6.28. The number of carbonyl (C=O) groups excluding carboxylic acids is 1. The zero-order chi connectivity index (χ0) is 19.8. The van der Waals surface area contributed by atoms with Gasteiger partial charge >= 0.3 is 0 Å². The highest BCUT2D eigenvalue weighted by atomic mass is 16.5. The molecule has 0 aliphatic heterocycles. The summed E-state index contributed by atoms with van der Waals surface area (Å²) in [5.41, 5.74) is 1.04. The highest BCUT2D eigenvalue weighted by molar-refractivity contribution is 5.80. The Hall–Kier alpha value is -3.42. The van der Waals surface area contributed by atoms with Gasteiger partial charge in [0.25, 0.3) is 0 Å². The molecule has 1 amide bonds. The summed E-state index contributed by atoms with van der Waals surface area (Å²) in [6, 6.07) is 16.6. The second kappa shape index (κ2) is 9.50. The summed E-state index contributed by atoms with van der Waals surface area (Å²) in [5.74, 6) is 1.42. The van der Waals surface area contributed by atoms with Crippen molar-refractivity contribution in [3.63, 3.8) is 0 Å². The molecule has 1 heterocycles. The normalized spacial score (nSPS) is 11.6. The molecule has 8 nitrogen and oxygen atoms in total. The van der Waals surface area contributed by atoms with E-state index in [9.17, 15) is 4.79 Å². The minimum absolute atomic E-state index is 0.0746. The molecule has 3 rings (SSSR count). The summed E-state index contributed by atoms with van der Waals surface area (Å²) in [7, 11) is 3.37. The smallest absolute Gasteiger partial charge is 0.247 e. The maximum Gasteiger partial charge on any atom is 0.247 e. The molecule has 1 atom stereocenters. The number of methoxy groups -OCH3 is 1. The van der Waals surface area contributed by atoms with Gasteiger partial charge in [-0.2, -0.15) is 0 Å². The predicted molar refractivity (Wildman–Crippen MR) is 103 cm³/mol. The van der Waals surface area contributed by atoms with E-state index in [1.807, 2.05) is 54.6 Å². The van der Waals surface area contributed by atoms with Crippen LogP contribution in [-0.4, -0.2) is 58.3 Å². The monoisotopic (exact) mass is 381 g/mol. The van der Waals surface area contributed by atoms with E-state index in [2.05, 4.69) is 15.5 Å². The number of hydrogen-bond acceptors (Lipinski definition) is 6. The molecular weight excluding hydrogens is 358 g/mol. The van der Waals surface area contributed by atoms with Gasteiger partial charge in [0.1, 0.15) is 30.5 Å². The van der Waals surface area contributed by atoms with Gasteiger partial charge in [-0.05, 0) is 40.3 Å². The van der Waals surface area contributed by atoms with Crippen molar-refractivity contribution in [2.24, 2.45) is 0 Å². The number of carbonyl (C=O) groups is 1. The number of hydrogen-bond donors (Lipinski definition) is 0. The first kappa shape index (κ1) is 19.3. The molecule has 2 aromatic carbocycles. The van der Waals surface area contributed by atoms with E-state index >= 15 is 0 Å². The van der Waals surface area contributed by atoms with Gasteiger partial charge in [0, 0.05) is 13.5 Å². The van der Waals surface area contributed by atoms with Crippen molar-refractivity contribution in [1.29, 1.82) is 0 Å². The second-order valence-corrected chi connectivity index (χ2v) is 6.28. The fourth-order valence-electron chi connectivity index (χ4n) is 2.78. The molecule has 0 aliphatic carbocycles. The van der Waals surface area contributed by atoms with Gasteiger partial charge in [0.2, 0.25) is 5.91 Å². The molecule has 8 heteroatoms. The van der Waals surface area contributed by atoms with Crippen LogP contribution in [0, 0.1) is 0 Å². The number of likely N-dealkylation sites (N-methyl/N-ethyl adjacent to an activating group) is 1. The lowest BCUT2D eigenvalue weighted by molar-refractivity contribution is -0.134. The van der Waals surface area contributed by atoms with E-state index in [1.54, 1.807) is 19.1 Å². The molecule has 1 unspecified atom stereocenters. The fourth-order valence-corrected chi connectivity index (χ4v) is 2.78. The van der Waals surface area contributed by atoms with Crippen LogP contribution < -0.4 is 9.47 Å². The summed E-state index contributed by atoms with van der Waals surface area (Å²) in [5, 5.41) is 11.3. The third-order valence-corrected chi connectivity index (χ3v) is 4.37. The van der Waals surface area contributed by atoms with Gasteiger partial charge in [-0.25, -0.2) is 4.68 Å². The molecule has 1 aromatic heterocycles. The number of amides is 1. The van der Waals surface area contributed by atoms with Gasteiger partial charge in [-0.15, -0.1) is 5.10 Å². The first-order valence-electron chi connectivity index (χ1n) is 8.95. The maximum atomic E-state index is 13.0. The lowest BCUT2D eigenvalue weighted by Gasteiger charge is -2.23. The topological polar surface area (TPSA) is 82.4 Å². The molecule has 3 aromatic rings. The summed E-state index contributed by atoms with van der Waals surface area (Å²) >= 11 is 0. The molecule has 146 valence electrons. The number of aromatic nitrogens is 4. The largest absolute Gasteiger partial charge is 0.497 e. The summed E-state index contributed by atoms with van der Waals surface area (Å²) in [6.45, 7) is 0.820. The SMILES string of the molecule is COc1ccc(OCCN(C)C(=O)C(Cc2ccccc2)n2cnnn2)cc1. The Morgan fingerprint density at radius 3 is 2.46 bits per heavy atom. The molecular formula is C20H23N5O3. The maximum absolute atomic E-state index is 13.0. The van der Waals surface area contributed by atoms with E-state index in [0.29, 0.717) is 19.6 Å². The van der Waals surface area contributed by atoms with Crippen molar-refractivity contribution in [2.45, 2.75) is 12.5 Å². The number of ether oxygens (including phenoxy) is 2. The Balaban J connectivity index is 1.59. The quantitative estimate of drug-likeness (QED) is 0.564. The lowest BCUT2D eigenvalue weighted by Crippen LogP contribution is -2.38. The van der Waals surface area contributed by atoms with E-state index in [0.717, 1.165) is 17.1 Å².